The van der Waals surface area contributed by atoms with E-state index in [0.29, 0.717) is 6.54 Å². The molecule has 1 amide bonds. The molecule has 1 aliphatic heterocycles. The van der Waals surface area contributed by atoms with Crippen LogP contribution in [0.2, 0.25) is 0 Å². The number of nitrogens with zero attached hydrogens (tertiary/aromatic N) is 1. The van der Waals surface area contributed by atoms with Crippen molar-refractivity contribution < 1.29 is 9.53 Å². The molecule has 0 unspecified atom stereocenters. The summed E-state index contributed by atoms with van der Waals surface area (Å²) in [6, 6.07) is 0. The molecular formula is C12H17NO2. The van der Waals surface area contributed by atoms with Gasteiger partial charge in [-0.05, 0) is 24.5 Å². The molecule has 0 radical (unpaired) electrons. The lowest BCUT2D eigenvalue weighted by Gasteiger charge is -2.29. The summed E-state index contributed by atoms with van der Waals surface area (Å²) in [6.07, 6.45) is 6.40. The second kappa shape index (κ2) is 5.39. The highest BCUT2D eigenvalue weighted by atomic mass is 16.5. The Morgan fingerprint density at radius 2 is 2.27 bits per heavy atom. The standard InChI is InChI=1S/C12H17NO2/c1-4-6-11-9-13(12(14)15-3)8-7-10(11)5-2/h4-6H,1,7-9H2,2-3H3/b10-5-,11-6-. The van der Waals surface area contributed by atoms with E-state index in [1.165, 1.54) is 12.7 Å². The maximum absolute atomic E-state index is 11.3. The first-order valence-corrected chi connectivity index (χ1v) is 5.03. The number of carbonyl (C=O) groups excluding carboxylic acids is 1. The van der Waals surface area contributed by atoms with Crippen LogP contribution in [0.3, 0.4) is 0 Å². The van der Waals surface area contributed by atoms with E-state index in [-0.39, 0.29) is 6.09 Å². The summed E-state index contributed by atoms with van der Waals surface area (Å²) in [4.78, 5) is 13.0. The smallest absolute Gasteiger partial charge is 0.409 e. The summed E-state index contributed by atoms with van der Waals surface area (Å²) in [7, 11) is 1.41. The van der Waals surface area contributed by atoms with Crippen molar-refractivity contribution in [3.05, 3.63) is 36.0 Å². The zero-order valence-corrected chi connectivity index (χ0v) is 9.32. The predicted octanol–water partition coefficient (Wildman–Crippen LogP) is 2.52. The van der Waals surface area contributed by atoms with Crippen LogP contribution in [0.1, 0.15) is 13.3 Å². The van der Waals surface area contributed by atoms with Gasteiger partial charge in [-0.15, -0.1) is 0 Å². The van der Waals surface area contributed by atoms with Crippen LogP contribution < -0.4 is 0 Å². The minimum absolute atomic E-state index is 0.264. The number of likely N-dealkylation sites (tertiary alicyclic amines) is 1. The zero-order chi connectivity index (χ0) is 11.3. The molecule has 1 fully saturated rings. The summed E-state index contributed by atoms with van der Waals surface area (Å²) in [5.74, 6) is 0. The Morgan fingerprint density at radius 3 is 2.80 bits per heavy atom. The van der Waals surface area contributed by atoms with Gasteiger partial charge in [-0.1, -0.05) is 24.8 Å². The fraction of sp³-hybridized carbons (Fsp3) is 0.417. The quantitative estimate of drug-likeness (QED) is 0.661. The third-order valence-corrected chi connectivity index (χ3v) is 2.53. The minimum Gasteiger partial charge on any atom is -0.453 e. The Hall–Kier alpha value is -1.51. The SMILES string of the molecule is C=C/C=C1/CN(C(=O)OC)CC/C1=C/C. The van der Waals surface area contributed by atoms with Crippen molar-refractivity contribution in [2.24, 2.45) is 0 Å². The molecule has 1 saturated heterocycles. The van der Waals surface area contributed by atoms with E-state index in [1.54, 1.807) is 11.0 Å². The van der Waals surface area contributed by atoms with E-state index in [2.05, 4.69) is 12.7 Å². The fourth-order valence-corrected chi connectivity index (χ4v) is 1.72. The first-order chi connectivity index (χ1) is 7.22. The second-order valence-corrected chi connectivity index (χ2v) is 3.38. The van der Waals surface area contributed by atoms with E-state index in [9.17, 15) is 4.79 Å². The molecule has 0 bridgehead atoms. The molecule has 0 aromatic carbocycles. The topological polar surface area (TPSA) is 29.5 Å². The van der Waals surface area contributed by atoms with Crippen LogP contribution in [0.25, 0.3) is 0 Å². The monoisotopic (exact) mass is 207 g/mol. The maximum Gasteiger partial charge on any atom is 0.409 e. The van der Waals surface area contributed by atoms with Gasteiger partial charge < -0.3 is 9.64 Å². The summed E-state index contributed by atoms with van der Waals surface area (Å²) < 4.78 is 4.70. The van der Waals surface area contributed by atoms with Crippen LogP contribution in [0.4, 0.5) is 4.79 Å². The number of allylic oxidation sites excluding steroid dienone is 3. The minimum atomic E-state index is -0.264. The van der Waals surface area contributed by atoms with Crippen molar-refractivity contribution in [1.82, 2.24) is 4.90 Å². The lowest BCUT2D eigenvalue weighted by atomic mass is 9.97. The van der Waals surface area contributed by atoms with Gasteiger partial charge in [0.25, 0.3) is 0 Å². The van der Waals surface area contributed by atoms with Gasteiger partial charge in [0.1, 0.15) is 0 Å². The average Bonchev–Trinajstić information content (AvgIpc) is 2.28. The number of hydrogen-bond donors (Lipinski definition) is 0. The molecule has 0 aromatic heterocycles. The highest BCUT2D eigenvalue weighted by Crippen LogP contribution is 2.22. The number of amides is 1. The normalized spacial score (nSPS) is 21.9. The molecule has 0 spiro atoms. The molecule has 3 nitrogen and oxygen atoms in total. The van der Waals surface area contributed by atoms with Gasteiger partial charge in [-0.3, -0.25) is 0 Å². The van der Waals surface area contributed by atoms with Crippen molar-refractivity contribution in [3.8, 4) is 0 Å². The highest BCUT2D eigenvalue weighted by Gasteiger charge is 2.21. The molecule has 0 atom stereocenters. The maximum atomic E-state index is 11.3. The number of ether oxygens (including phenoxy) is 1. The Morgan fingerprint density at radius 1 is 1.53 bits per heavy atom. The fourth-order valence-electron chi connectivity index (χ4n) is 1.72. The average molecular weight is 207 g/mol. The van der Waals surface area contributed by atoms with Crippen LogP contribution in [-0.4, -0.2) is 31.2 Å². The van der Waals surface area contributed by atoms with Gasteiger partial charge in [0.2, 0.25) is 0 Å². The number of piperidine rings is 1. The van der Waals surface area contributed by atoms with E-state index in [0.717, 1.165) is 18.5 Å². The zero-order valence-electron chi connectivity index (χ0n) is 9.32. The Balaban J connectivity index is 2.79. The van der Waals surface area contributed by atoms with Gasteiger partial charge in [0, 0.05) is 13.1 Å². The van der Waals surface area contributed by atoms with Crippen LogP contribution >= 0.6 is 0 Å². The molecule has 15 heavy (non-hydrogen) atoms. The molecule has 1 heterocycles. The van der Waals surface area contributed by atoms with E-state index >= 15 is 0 Å². The third-order valence-electron chi connectivity index (χ3n) is 2.53. The van der Waals surface area contributed by atoms with Crippen LogP contribution in [-0.2, 0) is 4.74 Å². The van der Waals surface area contributed by atoms with E-state index in [4.69, 9.17) is 4.74 Å². The van der Waals surface area contributed by atoms with Crippen LogP contribution in [0.5, 0.6) is 0 Å². The largest absolute Gasteiger partial charge is 0.453 e. The molecule has 82 valence electrons. The van der Waals surface area contributed by atoms with E-state index < -0.39 is 0 Å². The van der Waals surface area contributed by atoms with Crippen LogP contribution in [0, 0.1) is 0 Å². The van der Waals surface area contributed by atoms with Gasteiger partial charge in [0.15, 0.2) is 0 Å². The molecule has 0 N–H and O–H groups in total. The Labute approximate surface area is 90.7 Å². The van der Waals surface area contributed by atoms with Gasteiger partial charge in [-0.25, -0.2) is 4.79 Å². The third kappa shape index (κ3) is 2.72. The molecule has 0 aliphatic carbocycles. The summed E-state index contributed by atoms with van der Waals surface area (Å²) in [5.41, 5.74) is 2.43. The lowest BCUT2D eigenvalue weighted by molar-refractivity contribution is 0.125. The van der Waals surface area contributed by atoms with Crippen molar-refractivity contribution in [2.75, 3.05) is 20.2 Å². The number of methoxy groups -OCH3 is 1. The lowest BCUT2D eigenvalue weighted by Crippen LogP contribution is -2.37. The number of hydrogen-bond acceptors (Lipinski definition) is 2. The van der Waals surface area contributed by atoms with Gasteiger partial charge >= 0.3 is 6.09 Å². The van der Waals surface area contributed by atoms with Crippen molar-refractivity contribution in [2.45, 2.75) is 13.3 Å². The van der Waals surface area contributed by atoms with Crippen molar-refractivity contribution >= 4 is 6.09 Å². The molecule has 1 rings (SSSR count). The second-order valence-electron chi connectivity index (χ2n) is 3.38. The summed E-state index contributed by atoms with van der Waals surface area (Å²) in [6.45, 7) is 7.02. The first-order valence-electron chi connectivity index (χ1n) is 5.03. The van der Waals surface area contributed by atoms with Crippen molar-refractivity contribution in [1.29, 1.82) is 0 Å². The molecule has 0 aromatic rings. The Bertz CT molecular complexity index is 316. The van der Waals surface area contributed by atoms with Crippen molar-refractivity contribution in [3.63, 3.8) is 0 Å². The summed E-state index contributed by atoms with van der Waals surface area (Å²) >= 11 is 0. The van der Waals surface area contributed by atoms with E-state index in [1.807, 2.05) is 13.0 Å². The van der Waals surface area contributed by atoms with Crippen LogP contribution in [0.15, 0.2) is 36.0 Å². The molecule has 0 saturated carbocycles. The Kier molecular flexibility index (Phi) is 4.16. The highest BCUT2D eigenvalue weighted by molar-refractivity contribution is 5.68. The summed E-state index contributed by atoms with van der Waals surface area (Å²) in [5, 5.41) is 0. The number of rotatable bonds is 1. The molecular weight excluding hydrogens is 190 g/mol. The molecule has 1 aliphatic rings. The number of carbonyl (C=O) groups is 1. The predicted molar refractivity (Wildman–Crippen MR) is 60.6 cm³/mol. The van der Waals surface area contributed by atoms with Gasteiger partial charge in [0.05, 0.1) is 7.11 Å². The first kappa shape index (κ1) is 11.6. The molecule has 3 heteroatoms. The van der Waals surface area contributed by atoms with Gasteiger partial charge in [-0.2, -0.15) is 0 Å².